The van der Waals surface area contributed by atoms with Gasteiger partial charge in [0.05, 0.1) is 12.6 Å². The highest BCUT2D eigenvalue weighted by atomic mass is 32.1. The Morgan fingerprint density at radius 1 is 1.75 bits per heavy atom. The van der Waals surface area contributed by atoms with Crippen molar-refractivity contribution in [2.24, 2.45) is 0 Å². The maximum absolute atomic E-state index is 11.1. The van der Waals surface area contributed by atoms with E-state index in [4.69, 9.17) is 4.74 Å². The van der Waals surface area contributed by atoms with Crippen molar-refractivity contribution in [3.05, 3.63) is 21.2 Å². The molecule has 1 aromatic heterocycles. The summed E-state index contributed by atoms with van der Waals surface area (Å²) < 4.78 is 7.15. The highest BCUT2D eigenvalue weighted by molar-refractivity contribution is 7.07. The molecule has 0 N–H and O–H groups in total. The topological polar surface area (TPSA) is 31.2 Å². The Balaban J connectivity index is 2.03. The summed E-state index contributed by atoms with van der Waals surface area (Å²) in [6, 6.07) is 0. The van der Waals surface area contributed by atoms with Gasteiger partial charge in [0.25, 0.3) is 0 Å². The molecule has 0 bridgehead atoms. The van der Waals surface area contributed by atoms with Crippen LogP contribution in [0.25, 0.3) is 0 Å². The van der Waals surface area contributed by atoms with Gasteiger partial charge in [0.2, 0.25) is 0 Å². The molecule has 1 saturated heterocycles. The summed E-state index contributed by atoms with van der Waals surface area (Å²) in [5.74, 6) is 0. The number of nitrogens with zero attached hydrogens (tertiary/aromatic N) is 1. The van der Waals surface area contributed by atoms with Crippen molar-refractivity contribution in [1.82, 2.24) is 4.57 Å². The van der Waals surface area contributed by atoms with Crippen molar-refractivity contribution in [1.29, 1.82) is 0 Å². The van der Waals surface area contributed by atoms with Gasteiger partial charge in [0.15, 0.2) is 0 Å². The van der Waals surface area contributed by atoms with Crippen molar-refractivity contribution in [2.45, 2.75) is 25.5 Å². The molecule has 1 aliphatic heterocycles. The summed E-state index contributed by atoms with van der Waals surface area (Å²) in [5.41, 5.74) is 0. The first kappa shape index (κ1) is 8.01. The predicted molar refractivity (Wildman–Crippen MR) is 47.6 cm³/mol. The lowest BCUT2D eigenvalue weighted by Crippen LogP contribution is -2.21. The van der Waals surface area contributed by atoms with E-state index in [1.54, 1.807) is 4.57 Å². The highest BCUT2D eigenvalue weighted by Crippen LogP contribution is 2.13. The number of aromatic nitrogens is 1. The van der Waals surface area contributed by atoms with Crippen molar-refractivity contribution >= 4 is 11.3 Å². The van der Waals surface area contributed by atoms with Crippen molar-refractivity contribution in [2.75, 3.05) is 6.61 Å². The van der Waals surface area contributed by atoms with Crippen molar-refractivity contribution in [3.8, 4) is 0 Å². The minimum atomic E-state index is 0.116. The summed E-state index contributed by atoms with van der Waals surface area (Å²) in [6.45, 7) is 1.58. The Labute approximate surface area is 74.6 Å². The van der Waals surface area contributed by atoms with E-state index in [0.29, 0.717) is 0 Å². The lowest BCUT2D eigenvalue weighted by Gasteiger charge is -2.08. The van der Waals surface area contributed by atoms with Gasteiger partial charge in [-0.2, -0.15) is 0 Å². The monoisotopic (exact) mass is 185 g/mol. The van der Waals surface area contributed by atoms with Gasteiger partial charge in [0, 0.05) is 18.2 Å². The molecule has 3 nitrogen and oxygen atoms in total. The molecular weight excluding hydrogens is 174 g/mol. The van der Waals surface area contributed by atoms with E-state index in [9.17, 15) is 4.79 Å². The van der Waals surface area contributed by atoms with Gasteiger partial charge in [-0.25, -0.2) is 0 Å². The van der Waals surface area contributed by atoms with Gasteiger partial charge in [-0.3, -0.25) is 4.79 Å². The molecule has 1 aliphatic rings. The molecule has 12 heavy (non-hydrogen) atoms. The molecule has 0 aromatic carbocycles. The maximum Gasteiger partial charge on any atom is 0.307 e. The number of thiazole rings is 1. The third-order valence-electron chi connectivity index (χ3n) is 2.07. The van der Waals surface area contributed by atoms with Crippen molar-refractivity contribution < 1.29 is 4.74 Å². The van der Waals surface area contributed by atoms with Gasteiger partial charge in [-0.1, -0.05) is 11.3 Å². The Hall–Kier alpha value is -0.610. The number of hydrogen-bond acceptors (Lipinski definition) is 3. The van der Waals surface area contributed by atoms with Crippen LogP contribution in [0.2, 0.25) is 0 Å². The first-order valence-corrected chi connectivity index (χ1v) is 5.00. The van der Waals surface area contributed by atoms with Crippen LogP contribution in [0, 0.1) is 0 Å². The number of hydrogen-bond donors (Lipinski definition) is 0. The predicted octanol–water partition coefficient (Wildman–Crippen LogP) is 1.09. The standard InChI is InChI=1S/C8H11NO2S/c10-8-9(3-5-12-8)6-7-2-1-4-11-7/h3,5,7H,1-2,4,6H2/t7-/m1/s1. The van der Waals surface area contributed by atoms with Crippen LogP contribution in [0.5, 0.6) is 0 Å². The van der Waals surface area contributed by atoms with Crippen LogP contribution < -0.4 is 4.87 Å². The van der Waals surface area contributed by atoms with Gasteiger partial charge in [-0.15, -0.1) is 0 Å². The molecule has 0 aliphatic carbocycles. The van der Waals surface area contributed by atoms with E-state index in [1.807, 2.05) is 11.6 Å². The Morgan fingerprint density at radius 2 is 2.67 bits per heavy atom. The second-order valence-corrected chi connectivity index (χ2v) is 3.81. The molecule has 0 radical (unpaired) electrons. The molecule has 1 atom stereocenters. The summed E-state index contributed by atoms with van der Waals surface area (Å²) in [4.78, 5) is 11.2. The first-order valence-electron chi connectivity index (χ1n) is 4.12. The molecule has 2 heterocycles. The largest absolute Gasteiger partial charge is 0.376 e. The van der Waals surface area contributed by atoms with Crippen LogP contribution in [0.15, 0.2) is 16.4 Å². The van der Waals surface area contributed by atoms with Gasteiger partial charge < -0.3 is 9.30 Å². The molecule has 1 aromatic rings. The summed E-state index contributed by atoms with van der Waals surface area (Å²) in [6.07, 6.45) is 4.30. The average Bonchev–Trinajstić information content (AvgIpc) is 2.65. The summed E-state index contributed by atoms with van der Waals surface area (Å²) in [5, 5.41) is 1.82. The quantitative estimate of drug-likeness (QED) is 0.690. The lowest BCUT2D eigenvalue weighted by atomic mass is 10.2. The van der Waals surface area contributed by atoms with Gasteiger partial charge >= 0.3 is 4.87 Å². The van der Waals surface area contributed by atoms with Crippen LogP contribution in [-0.4, -0.2) is 17.3 Å². The Bertz CT molecular complexity index is 298. The summed E-state index contributed by atoms with van der Waals surface area (Å²) >= 11 is 1.24. The van der Waals surface area contributed by atoms with Crippen molar-refractivity contribution in [3.63, 3.8) is 0 Å². The van der Waals surface area contributed by atoms with Crippen LogP contribution >= 0.6 is 11.3 Å². The normalized spacial score (nSPS) is 23.2. The molecule has 0 unspecified atom stereocenters. The second-order valence-electron chi connectivity index (χ2n) is 2.96. The van der Waals surface area contributed by atoms with E-state index in [1.165, 1.54) is 11.3 Å². The zero-order chi connectivity index (χ0) is 8.39. The van der Waals surface area contributed by atoms with Crippen LogP contribution in [0.3, 0.4) is 0 Å². The molecule has 0 amide bonds. The SMILES string of the molecule is O=c1sccn1C[C@H]1CCCO1. The fourth-order valence-electron chi connectivity index (χ4n) is 1.43. The van der Waals surface area contributed by atoms with Gasteiger partial charge in [0.1, 0.15) is 0 Å². The fourth-order valence-corrected chi connectivity index (χ4v) is 2.03. The molecule has 0 spiro atoms. The van der Waals surface area contributed by atoms with E-state index in [-0.39, 0.29) is 11.0 Å². The molecule has 2 rings (SSSR count). The Morgan fingerprint density at radius 3 is 3.25 bits per heavy atom. The van der Waals surface area contributed by atoms with E-state index < -0.39 is 0 Å². The van der Waals surface area contributed by atoms with Gasteiger partial charge in [-0.05, 0) is 12.8 Å². The summed E-state index contributed by atoms with van der Waals surface area (Å²) in [7, 11) is 0. The fraction of sp³-hybridized carbons (Fsp3) is 0.625. The molecule has 0 saturated carbocycles. The highest BCUT2D eigenvalue weighted by Gasteiger charge is 2.16. The Kier molecular flexibility index (Phi) is 2.28. The molecule has 1 fully saturated rings. The second kappa shape index (κ2) is 3.41. The minimum Gasteiger partial charge on any atom is -0.376 e. The van der Waals surface area contributed by atoms with Crippen LogP contribution in [-0.2, 0) is 11.3 Å². The number of rotatable bonds is 2. The minimum absolute atomic E-state index is 0.116. The third kappa shape index (κ3) is 1.59. The maximum atomic E-state index is 11.1. The lowest BCUT2D eigenvalue weighted by molar-refractivity contribution is 0.0966. The smallest absolute Gasteiger partial charge is 0.307 e. The average molecular weight is 185 g/mol. The zero-order valence-corrected chi connectivity index (χ0v) is 7.55. The number of ether oxygens (including phenoxy) is 1. The van der Waals surface area contributed by atoms with E-state index >= 15 is 0 Å². The molecular formula is C8H11NO2S. The molecule has 66 valence electrons. The first-order chi connectivity index (χ1) is 5.86. The van der Waals surface area contributed by atoms with Crippen LogP contribution in [0.1, 0.15) is 12.8 Å². The van der Waals surface area contributed by atoms with E-state index in [2.05, 4.69) is 0 Å². The zero-order valence-electron chi connectivity index (χ0n) is 6.73. The van der Waals surface area contributed by atoms with E-state index in [0.717, 1.165) is 26.0 Å². The third-order valence-corrected chi connectivity index (χ3v) is 2.76. The molecule has 4 heteroatoms. The van der Waals surface area contributed by atoms with Crippen LogP contribution in [0.4, 0.5) is 0 Å².